The monoisotopic (exact) mass is 255 g/mol. The first-order valence-electron chi connectivity index (χ1n) is 5.96. The van der Waals surface area contributed by atoms with E-state index in [4.69, 9.17) is 14.9 Å². The minimum atomic E-state index is -0.719. The highest BCUT2D eigenvalue weighted by Crippen LogP contribution is 2.26. The van der Waals surface area contributed by atoms with Crippen molar-refractivity contribution in [3.63, 3.8) is 0 Å². The topological polar surface area (TPSA) is 82.0 Å². The molecule has 18 heavy (non-hydrogen) atoms. The number of aliphatic hydroxyl groups is 2. The zero-order chi connectivity index (χ0) is 13.6. The van der Waals surface area contributed by atoms with Crippen LogP contribution in [0.5, 0.6) is 11.5 Å². The van der Waals surface area contributed by atoms with Gasteiger partial charge in [0.05, 0.1) is 25.4 Å². The molecule has 0 amide bonds. The summed E-state index contributed by atoms with van der Waals surface area (Å²) in [5.41, 5.74) is 0.188. The number of hydrogen-bond acceptors (Lipinski definition) is 5. The van der Waals surface area contributed by atoms with E-state index in [2.05, 4.69) is 5.32 Å². The summed E-state index contributed by atoms with van der Waals surface area (Å²) in [6.45, 7) is 4.23. The van der Waals surface area contributed by atoms with Gasteiger partial charge in [-0.1, -0.05) is 6.07 Å². The van der Waals surface area contributed by atoms with Crippen molar-refractivity contribution < 1.29 is 20.1 Å². The van der Waals surface area contributed by atoms with Crippen LogP contribution in [0.25, 0.3) is 0 Å². The highest BCUT2D eigenvalue weighted by molar-refractivity contribution is 5.41. The van der Waals surface area contributed by atoms with Crippen molar-refractivity contribution in [1.29, 1.82) is 0 Å². The van der Waals surface area contributed by atoms with E-state index in [1.165, 1.54) is 0 Å². The summed E-state index contributed by atoms with van der Waals surface area (Å²) >= 11 is 0. The van der Waals surface area contributed by atoms with Crippen LogP contribution in [0.4, 0.5) is 0 Å². The Bertz CT molecular complexity index is 377. The van der Waals surface area contributed by atoms with Gasteiger partial charge in [0, 0.05) is 6.54 Å². The van der Waals surface area contributed by atoms with Crippen molar-refractivity contribution in [1.82, 2.24) is 5.32 Å². The van der Waals surface area contributed by atoms with E-state index in [0.717, 1.165) is 5.56 Å². The van der Waals surface area contributed by atoms with Crippen LogP contribution < -0.4 is 10.1 Å². The molecule has 0 saturated carbocycles. The van der Waals surface area contributed by atoms with E-state index >= 15 is 0 Å². The summed E-state index contributed by atoms with van der Waals surface area (Å²) in [7, 11) is 0. The molecule has 0 aliphatic heterocycles. The fourth-order valence-electron chi connectivity index (χ4n) is 1.42. The number of aromatic hydroxyl groups is 1. The lowest BCUT2D eigenvalue weighted by Crippen LogP contribution is -2.48. The molecule has 0 spiro atoms. The first-order chi connectivity index (χ1) is 8.54. The van der Waals surface area contributed by atoms with Crippen LogP contribution in [0.15, 0.2) is 18.2 Å². The lowest BCUT2D eigenvalue weighted by Gasteiger charge is -2.26. The third-order valence-corrected chi connectivity index (χ3v) is 2.74. The van der Waals surface area contributed by atoms with E-state index in [0.29, 0.717) is 18.9 Å². The molecule has 102 valence electrons. The predicted molar refractivity (Wildman–Crippen MR) is 68.7 cm³/mol. The maximum atomic E-state index is 9.56. The van der Waals surface area contributed by atoms with Crippen LogP contribution in [-0.4, -0.2) is 40.7 Å². The number of nitrogens with one attached hydrogen (secondary N) is 1. The zero-order valence-corrected chi connectivity index (χ0v) is 10.8. The van der Waals surface area contributed by atoms with Gasteiger partial charge in [0.2, 0.25) is 0 Å². The van der Waals surface area contributed by atoms with Crippen LogP contribution in [0.3, 0.4) is 0 Å². The van der Waals surface area contributed by atoms with Gasteiger partial charge in [-0.2, -0.15) is 0 Å². The molecule has 0 saturated heterocycles. The van der Waals surface area contributed by atoms with Crippen molar-refractivity contribution in [2.75, 3.05) is 19.8 Å². The Morgan fingerprint density at radius 3 is 2.50 bits per heavy atom. The predicted octanol–water partition coefficient (Wildman–Crippen LogP) is 0.624. The minimum absolute atomic E-state index is 0.104. The van der Waals surface area contributed by atoms with Crippen molar-refractivity contribution >= 4 is 0 Å². The molecule has 5 heteroatoms. The molecule has 4 N–H and O–H groups in total. The van der Waals surface area contributed by atoms with Gasteiger partial charge in [-0.05, 0) is 31.5 Å². The summed E-state index contributed by atoms with van der Waals surface area (Å²) in [6.07, 6.45) is 0. The molecule has 1 aromatic carbocycles. The van der Waals surface area contributed by atoms with E-state index in [1.807, 2.05) is 6.92 Å². The number of phenolic OH excluding ortho intramolecular Hbond substituents is 1. The van der Waals surface area contributed by atoms with Gasteiger partial charge in [0.25, 0.3) is 0 Å². The molecule has 1 rings (SSSR count). The summed E-state index contributed by atoms with van der Waals surface area (Å²) in [4.78, 5) is 0. The van der Waals surface area contributed by atoms with Crippen LogP contribution in [-0.2, 0) is 6.54 Å². The maximum Gasteiger partial charge on any atom is 0.161 e. The summed E-state index contributed by atoms with van der Waals surface area (Å²) in [5, 5.41) is 30.9. The number of ether oxygens (including phenoxy) is 1. The molecule has 0 atom stereocenters. The molecule has 0 aromatic heterocycles. The summed E-state index contributed by atoms with van der Waals surface area (Å²) < 4.78 is 5.29. The maximum absolute atomic E-state index is 9.56. The second-order valence-electron chi connectivity index (χ2n) is 4.47. The normalized spacial score (nSPS) is 11.6. The highest BCUT2D eigenvalue weighted by atomic mass is 16.5. The number of hydrogen-bond donors (Lipinski definition) is 4. The molecular formula is C13H21NO4. The van der Waals surface area contributed by atoms with Gasteiger partial charge in [-0.25, -0.2) is 0 Å². The van der Waals surface area contributed by atoms with E-state index in [9.17, 15) is 5.11 Å². The number of phenols is 1. The Kier molecular flexibility index (Phi) is 5.40. The van der Waals surface area contributed by atoms with Gasteiger partial charge >= 0.3 is 0 Å². The molecule has 0 radical (unpaired) electrons. The van der Waals surface area contributed by atoms with Crippen LogP contribution in [0, 0.1) is 0 Å². The molecule has 0 aliphatic carbocycles. The van der Waals surface area contributed by atoms with Crippen LogP contribution in [0.2, 0.25) is 0 Å². The lowest BCUT2D eigenvalue weighted by atomic mass is 10.0. The Balaban J connectivity index is 2.70. The average molecular weight is 255 g/mol. The standard InChI is InChI=1S/C13H21NO4/c1-3-18-12-6-10(4-5-11(12)17)7-14-13(2,8-15)9-16/h4-6,14-17H,3,7-9H2,1-2H3. The molecule has 0 bridgehead atoms. The zero-order valence-electron chi connectivity index (χ0n) is 10.8. The Morgan fingerprint density at radius 1 is 1.28 bits per heavy atom. The average Bonchev–Trinajstić information content (AvgIpc) is 2.39. The van der Waals surface area contributed by atoms with Crippen LogP contribution in [0.1, 0.15) is 19.4 Å². The Labute approximate surface area is 107 Å². The fraction of sp³-hybridized carbons (Fsp3) is 0.538. The van der Waals surface area contributed by atoms with Gasteiger partial charge in [-0.15, -0.1) is 0 Å². The minimum Gasteiger partial charge on any atom is -0.504 e. The summed E-state index contributed by atoms with van der Waals surface area (Å²) in [5.74, 6) is 0.541. The first kappa shape index (κ1) is 14.8. The largest absolute Gasteiger partial charge is 0.504 e. The molecule has 0 aliphatic rings. The van der Waals surface area contributed by atoms with E-state index < -0.39 is 5.54 Å². The van der Waals surface area contributed by atoms with Crippen molar-refractivity contribution in [2.24, 2.45) is 0 Å². The smallest absolute Gasteiger partial charge is 0.161 e. The SMILES string of the molecule is CCOc1cc(CNC(C)(CO)CO)ccc1O. The molecule has 0 fully saturated rings. The number of benzene rings is 1. The van der Waals surface area contributed by atoms with Gasteiger partial charge in [-0.3, -0.25) is 0 Å². The molecule has 0 heterocycles. The third kappa shape index (κ3) is 3.87. The van der Waals surface area contributed by atoms with Gasteiger partial charge < -0.3 is 25.4 Å². The lowest BCUT2D eigenvalue weighted by molar-refractivity contribution is 0.103. The highest BCUT2D eigenvalue weighted by Gasteiger charge is 2.21. The van der Waals surface area contributed by atoms with Crippen molar-refractivity contribution in [2.45, 2.75) is 25.9 Å². The molecule has 5 nitrogen and oxygen atoms in total. The second kappa shape index (κ2) is 6.58. The molecule has 1 aromatic rings. The Morgan fingerprint density at radius 2 is 1.94 bits per heavy atom. The fourth-order valence-corrected chi connectivity index (χ4v) is 1.42. The van der Waals surface area contributed by atoms with E-state index in [-0.39, 0.29) is 19.0 Å². The quantitative estimate of drug-likeness (QED) is 0.574. The van der Waals surface area contributed by atoms with Gasteiger partial charge in [0.1, 0.15) is 0 Å². The van der Waals surface area contributed by atoms with Gasteiger partial charge in [0.15, 0.2) is 11.5 Å². The number of aliphatic hydroxyl groups excluding tert-OH is 2. The third-order valence-electron chi connectivity index (χ3n) is 2.74. The molecular weight excluding hydrogens is 234 g/mol. The second-order valence-corrected chi connectivity index (χ2v) is 4.47. The molecule has 0 unspecified atom stereocenters. The van der Waals surface area contributed by atoms with Crippen molar-refractivity contribution in [3.8, 4) is 11.5 Å². The van der Waals surface area contributed by atoms with E-state index in [1.54, 1.807) is 25.1 Å². The Hall–Kier alpha value is -1.30. The van der Waals surface area contributed by atoms with Crippen molar-refractivity contribution in [3.05, 3.63) is 23.8 Å². The van der Waals surface area contributed by atoms with Crippen LogP contribution >= 0.6 is 0 Å². The summed E-state index contributed by atoms with van der Waals surface area (Å²) in [6, 6.07) is 5.07. The number of rotatable bonds is 7. The first-order valence-corrected chi connectivity index (χ1v) is 5.96.